The maximum absolute atomic E-state index is 12.6. The second-order valence-corrected chi connectivity index (χ2v) is 14.5. The zero-order valence-electron chi connectivity index (χ0n) is 14.1. The molecule has 4 nitrogen and oxygen atoms in total. The normalized spacial score (nSPS) is 15.2. The summed E-state index contributed by atoms with van der Waals surface area (Å²) in [4.78, 5) is 12.6. The summed E-state index contributed by atoms with van der Waals surface area (Å²) in [6.07, 6.45) is 0. The van der Waals surface area contributed by atoms with Crippen LogP contribution in [-0.2, 0) is 7.90 Å². The molecule has 1 aliphatic heterocycles. The fourth-order valence-corrected chi connectivity index (χ4v) is 11.5. The molecular formula is C20H13Cl3O4Te. The van der Waals surface area contributed by atoms with Crippen LogP contribution in [0.15, 0.2) is 72.8 Å². The first-order valence-electron chi connectivity index (χ1n) is 8.13. The van der Waals surface area contributed by atoms with Crippen LogP contribution < -0.4 is 10.3 Å². The Morgan fingerprint density at radius 1 is 0.821 bits per heavy atom. The minimum absolute atomic E-state index is 0.0695. The summed E-state index contributed by atoms with van der Waals surface area (Å²) in [7, 11) is 0. The van der Waals surface area contributed by atoms with Crippen molar-refractivity contribution >= 4 is 67.0 Å². The number of carbonyl (C=O) groups excluding carboxylic acids is 1. The summed E-state index contributed by atoms with van der Waals surface area (Å²) >= 11 is 13.0. The molecule has 3 aromatic rings. The van der Waals surface area contributed by atoms with E-state index in [1.165, 1.54) is 6.07 Å². The van der Waals surface area contributed by atoms with E-state index in [1.54, 1.807) is 18.2 Å². The molecular weight excluding hydrogens is 538 g/mol. The second-order valence-electron chi connectivity index (χ2n) is 5.92. The minimum atomic E-state index is -4.40. The van der Waals surface area contributed by atoms with E-state index < -0.39 is 28.8 Å². The van der Waals surface area contributed by atoms with Crippen molar-refractivity contribution < 1.29 is 16.1 Å². The molecule has 0 fully saturated rings. The van der Waals surface area contributed by atoms with Crippen LogP contribution >= 0.6 is 34.8 Å². The molecule has 0 spiro atoms. The van der Waals surface area contributed by atoms with E-state index in [2.05, 4.69) is 0 Å². The molecule has 0 unspecified atom stereocenters. The quantitative estimate of drug-likeness (QED) is 0.397. The molecule has 0 saturated heterocycles. The van der Waals surface area contributed by atoms with Gasteiger partial charge in [0.15, 0.2) is 0 Å². The molecule has 3 aromatic carbocycles. The van der Waals surface area contributed by atoms with E-state index in [9.17, 15) is 9.90 Å². The number of halogens is 3. The number of fused-ring (bicyclic) bond motifs is 3. The summed E-state index contributed by atoms with van der Waals surface area (Å²) < 4.78 is 11.5. The van der Waals surface area contributed by atoms with Crippen LogP contribution in [0.1, 0.15) is 0 Å². The van der Waals surface area contributed by atoms with Crippen molar-refractivity contribution in [1.29, 1.82) is 0 Å². The topological polar surface area (TPSA) is 55.8 Å². The van der Waals surface area contributed by atoms with E-state index in [0.29, 0.717) is 0 Å². The fraction of sp³-hybridized carbons (Fsp3) is 0.0500. The Bertz CT molecular complexity index is 1020. The third kappa shape index (κ3) is 3.32. The SMILES string of the molecule is O=C(O[Te]1(Oc2ccccc2O)c2ccccc2-c2ccccc21)C(Cl)(Cl)Cl. The van der Waals surface area contributed by atoms with Crippen LogP contribution in [0.3, 0.4) is 0 Å². The average molecular weight is 551 g/mol. The van der Waals surface area contributed by atoms with Crippen LogP contribution in [0.2, 0.25) is 0 Å². The zero-order valence-corrected chi connectivity index (χ0v) is 18.7. The number of aromatic hydroxyl groups is 1. The summed E-state index contributed by atoms with van der Waals surface area (Å²) in [5.41, 5.74) is 1.79. The van der Waals surface area contributed by atoms with E-state index in [-0.39, 0.29) is 11.5 Å². The van der Waals surface area contributed by atoms with Crippen molar-refractivity contribution in [3.8, 4) is 22.6 Å². The van der Waals surface area contributed by atoms with Crippen LogP contribution in [0, 0.1) is 0 Å². The Morgan fingerprint density at radius 3 is 1.86 bits per heavy atom. The zero-order chi connectivity index (χ0) is 19.9. The van der Waals surface area contributed by atoms with Crippen LogP contribution in [0.5, 0.6) is 11.5 Å². The van der Waals surface area contributed by atoms with Crippen molar-refractivity contribution in [2.75, 3.05) is 0 Å². The van der Waals surface area contributed by atoms with Gasteiger partial charge in [0, 0.05) is 0 Å². The van der Waals surface area contributed by atoms with Gasteiger partial charge in [-0.3, -0.25) is 0 Å². The summed E-state index contributed by atoms with van der Waals surface area (Å²) in [6.45, 7) is 0. The molecule has 0 aromatic heterocycles. The molecule has 0 radical (unpaired) electrons. The molecule has 1 heterocycles. The van der Waals surface area contributed by atoms with Gasteiger partial charge in [0.1, 0.15) is 0 Å². The fourth-order valence-electron chi connectivity index (χ4n) is 2.97. The van der Waals surface area contributed by atoms with Gasteiger partial charge in [-0.1, -0.05) is 0 Å². The first-order valence-corrected chi connectivity index (χ1v) is 13.5. The van der Waals surface area contributed by atoms with Crippen LogP contribution in [0.4, 0.5) is 0 Å². The third-order valence-electron chi connectivity index (χ3n) is 4.14. The number of hydrogen-bond donors (Lipinski definition) is 1. The second kappa shape index (κ2) is 7.33. The van der Waals surface area contributed by atoms with Gasteiger partial charge in [-0.25, -0.2) is 0 Å². The number of phenols is 1. The van der Waals surface area contributed by atoms with Crippen LogP contribution in [-0.4, -0.2) is 33.9 Å². The van der Waals surface area contributed by atoms with Crippen molar-refractivity contribution in [1.82, 2.24) is 0 Å². The van der Waals surface area contributed by atoms with Gasteiger partial charge in [0.05, 0.1) is 0 Å². The number of para-hydroxylation sites is 2. The number of alkyl halides is 3. The monoisotopic (exact) mass is 552 g/mol. The van der Waals surface area contributed by atoms with E-state index >= 15 is 0 Å². The Morgan fingerprint density at radius 2 is 1.32 bits per heavy atom. The van der Waals surface area contributed by atoms with Gasteiger partial charge < -0.3 is 0 Å². The van der Waals surface area contributed by atoms with Crippen molar-refractivity contribution in [2.24, 2.45) is 0 Å². The molecule has 28 heavy (non-hydrogen) atoms. The Labute approximate surface area is 181 Å². The molecule has 1 N–H and O–H groups in total. The molecule has 0 saturated carbocycles. The molecule has 144 valence electrons. The first-order chi connectivity index (χ1) is 13.3. The maximum atomic E-state index is 12.6. The summed E-state index contributed by atoms with van der Waals surface area (Å²) in [5, 5.41) is 10.3. The van der Waals surface area contributed by atoms with Gasteiger partial charge in [-0.15, -0.1) is 0 Å². The van der Waals surface area contributed by atoms with E-state index in [1.807, 2.05) is 48.5 Å². The Balaban J connectivity index is 1.96. The average Bonchev–Trinajstić information content (AvgIpc) is 2.94. The Hall–Kier alpha value is -1.61. The third-order valence-corrected chi connectivity index (χ3v) is 12.2. The predicted molar refractivity (Wildman–Crippen MR) is 112 cm³/mol. The van der Waals surface area contributed by atoms with Crippen molar-refractivity contribution in [2.45, 2.75) is 3.79 Å². The molecule has 4 rings (SSSR count). The number of hydrogen-bond acceptors (Lipinski definition) is 4. The van der Waals surface area contributed by atoms with E-state index in [4.69, 9.17) is 41.0 Å². The van der Waals surface area contributed by atoms with Crippen LogP contribution in [0.25, 0.3) is 11.1 Å². The molecule has 1 aliphatic rings. The Kier molecular flexibility index (Phi) is 5.16. The first kappa shape index (κ1) is 19.7. The van der Waals surface area contributed by atoms with Gasteiger partial charge >= 0.3 is 182 Å². The number of rotatable bonds is 3. The molecule has 0 aliphatic carbocycles. The predicted octanol–water partition coefficient (Wildman–Crippen LogP) is 3.92. The van der Waals surface area contributed by atoms with Gasteiger partial charge in [0.25, 0.3) is 0 Å². The molecule has 8 heteroatoms. The van der Waals surface area contributed by atoms with Gasteiger partial charge in [-0.05, 0) is 0 Å². The molecule has 0 bridgehead atoms. The number of carbonyl (C=O) groups is 1. The molecule has 0 amide bonds. The summed E-state index contributed by atoms with van der Waals surface area (Å²) in [5.74, 6) is -0.882. The standard InChI is InChI=1S/C20H13Cl3O4Te/c21-20(22,23)19(25)27-28(26-16-10-4-3-9-15(16)24)17-11-5-1-7-13(17)14-8-2-6-12-18(14)28/h1-12,24H. The van der Waals surface area contributed by atoms with Crippen molar-refractivity contribution in [3.63, 3.8) is 0 Å². The van der Waals surface area contributed by atoms with Gasteiger partial charge in [-0.2, -0.15) is 0 Å². The molecule has 0 atom stereocenters. The number of benzene rings is 3. The number of phenolic OH excluding ortho intramolecular Hbond substituents is 1. The van der Waals surface area contributed by atoms with E-state index in [0.717, 1.165) is 18.3 Å². The van der Waals surface area contributed by atoms with Gasteiger partial charge in [0.2, 0.25) is 0 Å². The summed E-state index contributed by atoms with van der Waals surface area (Å²) in [6, 6.07) is 21.5. The van der Waals surface area contributed by atoms with Crippen molar-refractivity contribution in [3.05, 3.63) is 72.8 Å².